The summed E-state index contributed by atoms with van der Waals surface area (Å²) in [5.41, 5.74) is 0. The Bertz CT molecular complexity index is 700. The van der Waals surface area contributed by atoms with E-state index in [0.717, 1.165) is 10.2 Å². The van der Waals surface area contributed by atoms with E-state index in [2.05, 4.69) is 15.3 Å². The van der Waals surface area contributed by atoms with Crippen LogP contribution in [0.3, 0.4) is 0 Å². The quantitative estimate of drug-likeness (QED) is 0.861. The van der Waals surface area contributed by atoms with Gasteiger partial charge in [0.05, 0.1) is 16.9 Å². The Labute approximate surface area is 119 Å². The molecule has 2 aromatic rings. The second-order valence-corrected chi connectivity index (χ2v) is 8.09. The van der Waals surface area contributed by atoms with Crippen molar-refractivity contribution in [3.8, 4) is 0 Å². The van der Waals surface area contributed by atoms with Gasteiger partial charge in [0.25, 0.3) is 0 Å². The van der Waals surface area contributed by atoms with Crippen LogP contribution < -0.4 is 5.32 Å². The highest BCUT2D eigenvalue weighted by molar-refractivity contribution is 7.91. The van der Waals surface area contributed by atoms with Crippen molar-refractivity contribution in [3.05, 3.63) is 16.7 Å². The fourth-order valence-electron chi connectivity index (χ4n) is 2.17. The van der Waals surface area contributed by atoms with Crippen molar-refractivity contribution in [2.45, 2.75) is 18.9 Å². The SMILES string of the molecule is O=S1(=O)CCC(Nc2nc(Cl)nc3sccc23)CC1. The monoisotopic (exact) mass is 317 g/mol. The van der Waals surface area contributed by atoms with Crippen LogP contribution in [0.25, 0.3) is 10.2 Å². The smallest absolute Gasteiger partial charge is 0.225 e. The highest BCUT2D eigenvalue weighted by Gasteiger charge is 2.24. The van der Waals surface area contributed by atoms with Crippen LogP contribution in [0, 0.1) is 0 Å². The van der Waals surface area contributed by atoms with Crippen molar-refractivity contribution in [1.29, 1.82) is 0 Å². The number of thiophene rings is 1. The van der Waals surface area contributed by atoms with Crippen LogP contribution in [-0.2, 0) is 9.84 Å². The van der Waals surface area contributed by atoms with Gasteiger partial charge in [-0.15, -0.1) is 11.3 Å². The molecule has 0 radical (unpaired) electrons. The molecule has 3 rings (SSSR count). The molecule has 1 fully saturated rings. The van der Waals surface area contributed by atoms with Crippen molar-refractivity contribution in [3.63, 3.8) is 0 Å². The molecule has 3 heterocycles. The molecule has 0 aromatic carbocycles. The summed E-state index contributed by atoms with van der Waals surface area (Å²) in [6.45, 7) is 0. The van der Waals surface area contributed by atoms with Crippen LogP contribution in [-0.4, -0.2) is 35.9 Å². The Morgan fingerprint density at radius 2 is 2.05 bits per heavy atom. The van der Waals surface area contributed by atoms with Crippen molar-refractivity contribution in [2.75, 3.05) is 16.8 Å². The standard InChI is InChI=1S/C11H12ClN3O2S2/c12-11-14-9(8-1-4-18-10(8)15-11)13-7-2-5-19(16,17)6-3-7/h1,4,7H,2-3,5-6H2,(H,13,14,15). The summed E-state index contributed by atoms with van der Waals surface area (Å²) in [5, 5.41) is 6.37. The molecule has 1 saturated heterocycles. The maximum absolute atomic E-state index is 11.4. The van der Waals surface area contributed by atoms with E-state index in [1.807, 2.05) is 11.4 Å². The summed E-state index contributed by atoms with van der Waals surface area (Å²) in [4.78, 5) is 9.19. The fraction of sp³-hybridized carbons (Fsp3) is 0.455. The molecule has 1 aliphatic rings. The van der Waals surface area contributed by atoms with E-state index in [1.54, 1.807) is 0 Å². The zero-order valence-corrected chi connectivity index (χ0v) is 12.4. The summed E-state index contributed by atoms with van der Waals surface area (Å²) in [6, 6.07) is 2.07. The number of anilines is 1. The minimum absolute atomic E-state index is 0.123. The van der Waals surface area contributed by atoms with Gasteiger partial charge in [-0.25, -0.2) is 18.4 Å². The molecular formula is C11H12ClN3O2S2. The van der Waals surface area contributed by atoms with Crippen LogP contribution >= 0.6 is 22.9 Å². The van der Waals surface area contributed by atoms with E-state index >= 15 is 0 Å². The zero-order chi connectivity index (χ0) is 13.5. The topological polar surface area (TPSA) is 72.0 Å². The molecule has 0 bridgehead atoms. The van der Waals surface area contributed by atoms with Gasteiger partial charge < -0.3 is 5.32 Å². The molecule has 5 nitrogen and oxygen atoms in total. The molecule has 0 spiro atoms. The van der Waals surface area contributed by atoms with Gasteiger partial charge in [-0.3, -0.25) is 0 Å². The molecule has 8 heteroatoms. The predicted octanol–water partition coefficient (Wildman–Crippen LogP) is 2.33. The summed E-state index contributed by atoms with van der Waals surface area (Å²) in [5.74, 6) is 1.16. The number of hydrogen-bond acceptors (Lipinski definition) is 6. The first-order chi connectivity index (χ1) is 9.03. The van der Waals surface area contributed by atoms with Crippen molar-refractivity contribution in [2.24, 2.45) is 0 Å². The van der Waals surface area contributed by atoms with Crippen LogP contribution in [0.5, 0.6) is 0 Å². The number of nitrogens with one attached hydrogen (secondary N) is 1. The lowest BCUT2D eigenvalue weighted by molar-refractivity contribution is 0.559. The highest BCUT2D eigenvalue weighted by Crippen LogP contribution is 2.28. The molecule has 1 N–H and O–H groups in total. The van der Waals surface area contributed by atoms with Crippen LogP contribution in [0.15, 0.2) is 11.4 Å². The van der Waals surface area contributed by atoms with E-state index in [4.69, 9.17) is 11.6 Å². The summed E-state index contributed by atoms with van der Waals surface area (Å²) < 4.78 is 22.8. The number of hydrogen-bond donors (Lipinski definition) is 1. The van der Waals surface area contributed by atoms with Gasteiger partial charge in [0.15, 0.2) is 0 Å². The lowest BCUT2D eigenvalue weighted by Crippen LogP contribution is -2.32. The minimum atomic E-state index is -2.84. The molecule has 1 aliphatic heterocycles. The average Bonchev–Trinajstić information content (AvgIpc) is 2.80. The third kappa shape index (κ3) is 2.82. The molecule has 0 unspecified atom stereocenters. The van der Waals surface area contributed by atoms with E-state index in [0.29, 0.717) is 18.7 Å². The Balaban J connectivity index is 1.84. The van der Waals surface area contributed by atoms with Crippen molar-refractivity contribution < 1.29 is 8.42 Å². The fourth-order valence-corrected chi connectivity index (χ4v) is 4.64. The highest BCUT2D eigenvalue weighted by atomic mass is 35.5. The second kappa shape index (κ2) is 4.88. The van der Waals surface area contributed by atoms with Crippen LogP contribution in [0.2, 0.25) is 5.28 Å². The molecule has 0 atom stereocenters. The van der Waals surface area contributed by atoms with Crippen LogP contribution in [0.4, 0.5) is 5.82 Å². The largest absolute Gasteiger partial charge is 0.367 e. The van der Waals surface area contributed by atoms with E-state index < -0.39 is 9.84 Å². The normalized spacial score (nSPS) is 19.6. The first kappa shape index (κ1) is 13.1. The molecule has 19 heavy (non-hydrogen) atoms. The molecule has 102 valence electrons. The number of nitrogens with zero attached hydrogens (tertiary/aromatic N) is 2. The van der Waals surface area contributed by atoms with E-state index in [-0.39, 0.29) is 22.8 Å². The lowest BCUT2D eigenvalue weighted by Gasteiger charge is -2.23. The third-order valence-corrected chi connectivity index (χ3v) is 5.88. The van der Waals surface area contributed by atoms with Gasteiger partial charge in [-0.2, -0.15) is 0 Å². The first-order valence-corrected chi connectivity index (χ1v) is 8.99. The third-order valence-electron chi connectivity index (χ3n) is 3.19. The maximum atomic E-state index is 11.4. The minimum Gasteiger partial charge on any atom is -0.367 e. The number of sulfone groups is 1. The Kier molecular flexibility index (Phi) is 3.36. The van der Waals surface area contributed by atoms with Gasteiger partial charge in [-0.05, 0) is 35.9 Å². The van der Waals surface area contributed by atoms with Crippen LogP contribution in [0.1, 0.15) is 12.8 Å². The van der Waals surface area contributed by atoms with Gasteiger partial charge in [-0.1, -0.05) is 0 Å². The second-order valence-electron chi connectivity index (χ2n) is 4.55. The first-order valence-electron chi connectivity index (χ1n) is 5.91. The van der Waals surface area contributed by atoms with E-state index in [1.165, 1.54) is 11.3 Å². The summed E-state index contributed by atoms with van der Waals surface area (Å²) in [7, 11) is -2.84. The summed E-state index contributed by atoms with van der Waals surface area (Å²) in [6.07, 6.45) is 1.21. The Morgan fingerprint density at radius 1 is 1.32 bits per heavy atom. The molecule has 0 saturated carbocycles. The number of rotatable bonds is 2. The number of fused-ring (bicyclic) bond motifs is 1. The van der Waals surface area contributed by atoms with Gasteiger partial charge >= 0.3 is 0 Å². The van der Waals surface area contributed by atoms with Gasteiger partial charge in [0.2, 0.25) is 5.28 Å². The number of halogens is 1. The molecular weight excluding hydrogens is 306 g/mol. The number of aromatic nitrogens is 2. The summed E-state index contributed by atoms with van der Waals surface area (Å²) >= 11 is 7.40. The zero-order valence-electron chi connectivity index (χ0n) is 9.97. The molecule has 0 amide bonds. The average molecular weight is 318 g/mol. The Hall–Kier alpha value is -0.920. The lowest BCUT2D eigenvalue weighted by atomic mass is 10.1. The predicted molar refractivity (Wildman–Crippen MR) is 77.7 cm³/mol. The van der Waals surface area contributed by atoms with Gasteiger partial charge in [0, 0.05) is 6.04 Å². The van der Waals surface area contributed by atoms with E-state index in [9.17, 15) is 8.42 Å². The van der Waals surface area contributed by atoms with Gasteiger partial charge in [0.1, 0.15) is 20.5 Å². The van der Waals surface area contributed by atoms with Crippen molar-refractivity contribution >= 4 is 48.8 Å². The molecule has 2 aromatic heterocycles. The van der Waals surface area contributed by atoms with Crippen molar-refractivity contribution in [1.82, 2.24) is 9.97 Å². The Morgan fingerprint density at radius 3 is 2.79 bits per heavy atom. The maximum Gasteiger partial charge on any atom is 0.225 e. The molecule has 0 aliphatic carbocycles.